The van der Waals surface area contributed by atoms with Crippen LogP contribution < -0.4 is 14.8 Å². The van der Waals surface area contributed by atoms with Crippen LogP contribution in [0.5, 0.6) is 11.5 Å². The van der Waals surface area contributed by atoms with Crippen LogP contribution in [0.1, 0.15) is 30.6 Å². The Labute approximate surface area is 124 Å². The van der Waals surface area contributed by atoms with Gasteiger partial charge in [-0.3, -0.25) is 9.59 Å². The molecule has 0 bridgehead atoms. The molecule has 0 aliphatic rings. The van der Waals surface area contributed by atoms with E-state index in [-0.39, 0.29) is 24.8 Å². The molecule has 0 aromatic heterocycles. The highest BCUT2D eigenvalue weighted by molar-refractivity contribution is 5.95. The topological polar surface area (TPSA) is 73.9 Å². The molecular weight excluding hydrogens is 274 g/mol. The van der Waals surface area contributed by atoms with Crippen molar-refractivity contribution in [1.82, 2.24) is 5.32 Å². The number of nitrogens with one attached hydrogen (secondary N) is 1. The van der Waals surface area contributed by atoms with Crippen molar-refractivity contribution in [3.63, 3.8) is 0 Å². The number of amides is 1. The molecule has 0 aliphatic carbocycles. The quantitative estimate of drug-likeness (QED) is 0.740. The van der Waals surface area contributed by atoms with Gasteiger partial charge in [0.2, 0.25) is 0 Å². The van der Waals surface area contributed by atoms with E-state index in [0.717, 1.165) is 0 Å². The Morgan fingerprint density at radius 1 is 1.14 bits per heavy atom. The lowest BCUT2D eigenvalue weighted by molar-refractivity contribution is -0.142. The van der Waals surface area contributed by atoms with Crippen molar-refractivity contribution in [1.29, 1.82) is 0 Å². The fourth-order valence-corrected chi connectivity index (χ4v) is 1.70. The zero-order valence-electron chi connectivity index (χ0n) is 12.6. The van der Waals surface area contributed by atoms with E-state index < -0.39 is 0 Å². The molecular formula is C15H21NO5. The average Bonchev–Trinajstić information content (AvgIpc) is 2.48. The van der Waals surface area contributed by atoms with Gasteiger partial charge in [0.05, 0.1) is 26.7 Å². The summed E-state index contributed by atoms with van der Waals surface area (Å²) in [6.07, 6.45) is 0.147. The second-order valence-corrected chi connectivity index (χ2v) is 4.11. The summed E-state index contributed by atoms with van der Waals surface area (Å²) >= 11 is 0. The number of ether oxygens (including phenoxy) is 3. The van der Waals surface area contributed by atoms with Crippen LogP contribution >= 0.6 is 0 Å². The maximum Gasteiger partial charge on any atom is 0.307 e. The molecule has 0 fully saturated rings. The summed E-state index contributed by atoms with van der Waals surface area (Å²) in [6, 6.07) is 4.93. The van der Waals surface area contributed by atoms with Crippen LogP contribution in [0.3, 0.4) is 0 Å². The van der Waals surface area contributed by atoms with Crippen LogP contribution in [0.2, 0.25) is 0 Å². The molecule has 0 radical (unpaired) electrons. The third kappa shape index (κ3) is 5.33. The average molecular weight is 295 g/mol. The van der Waals surface area contributed by atoms with Crippen LogP contribution in [0.25, 0.3) is 0 Å². The van der Waals surface area contributed by atoms with E-state index in [9.17, 15) is 9.59 Å². The minimum Gasteiger partial charge on any atom is -0.493 e. The van der Waals surface area contributed by atoms with Gasteiger partial charge in [0.1, 0.15) is 0 Å². The summed E-state index contributed by atoms with van der Waals surface area (Å²) in [5.74, 6) is 0.473. The van der Waals surface area contributed by atoms with Crippen molar-refractivity contribution >= 4 is 11.9 Å². The fraction of sp³-hybridized carbons (Fsp3) is 0.467. The standard InChI is InChI=1S/C15H21NO5/c1-4-20-12-7-6-11(10-13(12)19-3)15(18)16-9-8-14(17)21-5-2/h6-7,10H,4-5,8-9H2,1-3H3,(H,16,18). The van der Waals surface area contributed by atoms with Gasteiger partial charge in [-0.1, -0.05) is 0 Å². The summed E-state index contributed by atoms with van der Waals surface area (Å²) in [4.78, 5) is 23.1. The Bertz CT molecular complexity index is 487. The molecule has 0 atom stereocenters. The molecule has 1 rings (SSSR count). The van der Waals surface area contributed by atoms with E-state index in [1.54, 1.807) is 25.1 Å². The third-order valence-corrected chi connectivity index (χ3v) is 2.65. The van der Waals surface area contributed by atoms with E-state index in [2.05, 4.69) is 5.32 Å². The lowest BCUT2D eigenvalue weighted by Gasteiger charge is -2.11. The SMILES string of the molecule is CCOC(=O)CCNC(=O)c1ccc(OCC)c(OC)c1. The van der Waals surface area contributed by atoms with Crippen molar-refractivity contribution in [3.05, 3.63) is 23.8 Å². The maximum atomic E-state index is 12.0. The monoisotopic (exact) mass is 295 g/mol. The number of benzene rings is 1. The maximum absolute atomic E-state index is 12.0. The minimum absolute atomic E-state index is 0.147. The predicted octanol–water partition coefficient (Wildman–Crippen LogP) is 1.78. The van der Waals surface area contributed by atoms with Gasteiger partial charge < -0.3 is 19.5 Å². The molecule has 0 spiro atoms. The van der Waals surface area contributed by atoms with Crippen molar-refractivity contribution in [2.24, 2.45) is 0 Å². The molecule has 116 valence electrons. The molecule has 0 saturated carbocycles. The molecule has 0 aliphatic heterocycles. The molecule has 1 amide bonds. The molecule has 0 heterocycles. The van der Waals surface area contributed by atoms with Crippen LogP contribution in [0, 0.1) is 0 Å². The Kier molecular flexibility index (Phi) is 7.08. The Hall–Kier alpha value is -2.24. The Morgan fingerprint density at radius 3 is 2.52 bits per heavy atom. The summed E-state index contributed by atoms with van der Waals surface area (Å²) in [5.41, 5.74) is 0.444. The van der Waals surface area contributed by atoms with Gasteiger partial charge in [0, 0.05) is 12.1 Å². The van der Waals surface area contributed by atoms with Crippen molar-refractivity contribution in [3.8, 4) is 11.5 Å². The summed E-state index contributed by atoms with van der Waals surface area (Å²) < 4.78 is 15.4. The number of carbonyl (C=O) groups is 2. The normalized spacial score (nSPS) is 9.86. The number of hydrogen-bond acceptors (Lipinski definition) is 5. The van der Waals surface area contributed by atoms with E-state index in [4.69, 9.17) is 14.2 Å². The molecule has 0 saturated heterocycles. The zero-order chi connectivity index (χ0) is 15.7. The Balaban J connectivity index is 2.60. The second kappa shape index (κ2) is 8.84. The largest absolute Gasteiger partial charge is 0.493 e. The first-order chi connectivity index (χ1) is 10.1. The lowest BCUT2D eigenvalue weighted by atomic mass is 10.2. The highest BCUT2D eigenvalue weighted by Gasteiger charge is 2.11. The van der Waals surface area contributed by atoms with Crippen molar-refractivity contribution < 1.29 is 23.8 Å². The van der Waals surface area contributed by atoms with E-state index in [0.29, 0.717) is 30.3 Å². The van der Waals surface area contributed by atoms with Crippen LogP contribution in [-0.2, 0) is 9.53 Å². The molecule has 1 N–H and O–H groups in total. The first-order valence-corrected chi connectivity index (χ1v) is 6.87. The first-order valence-electron chi connectivity index (χ1n) is 6.87. The smallest absolute Gasteiger partial charge is 0.307 e. The van der Waals surface area contributed by atoms with Gasteiger partial charge in [0.25, 0.3) is 5.91 Å². The van der Waals surface area contributed by atoms with Gasteiger partial charge in [-0.15, -0.1) is 0 Å². The Morgan fingerprint density at radius 2 is 1.90 bits per heavy atom. The van der Waals surface area contributed by atoms with E-state index in [1.807, 2.05) is 6.92 Å². The number of esters is 1. The number of methoxy groups -OCH3 is 1. The molecule has 6 nitrogen and oxygen atoms in total. The molecule has 6 heteroatoms. The van der Waals surface area contributed by atoms with Crippen molar-refractivity contribution in [2.75, 3.05) is 26.9 Å². The van der Waals surface area contributed by atoms with Crippen molar-refractivity contribution in [2.45, 2.75) is 20.3 Å². The lowest BCUT2D eigenvalue weighted by Crippen LogP contribution is -2.26. The molecule has 1 aromatic rings. The summed E-state index contributed by atoms with van der Waals surface area (Å²) in [6.45, 7) is 4.69. The molecule has 0 unspecified atom stereocenters. The minimum atomic E-state index is -0.331. The second-order valence-electron chi connectivity index (χ2n) is 4.11. The third-order valence-electron chi connectivity index (χ3n) is 2.65. The van der Waals surface area contributed by atoms with Crippen LogP contribution in [-0.4, -0.2) is 38.7 Å². The highest BCUT2D eigenvalue weighted by atomic mass is 16.5. The van der Waals surface area contributed by atoms with E-state index >= 15 is 0 Å². The predicted molar refractivity (Wildman–Crippen MR) is 77.7 cm³/mol. The van der Waals surface area contributed by atoms with Gasteiger partial charge in [-0.05, 0) is 32.0 Å². The molecule has 1 aromatic carbocycles. The highest BCUT2D eigenvalue weighted by Crippen LogP contribution is 2.27. The number of hydrogen-bond donors (Lipinski definition) is 1. The molecule has 21 heavy (non-hydrogen) atoms. The first kappa shape index (κ1) is 16.8. The van der Waals surface area contributed by atoms with E-state index in [1.165, 1.54) is 7.11 Å². The van der Waals surface area contributed by atoms with Crippen LogP contribution in [0.15, 0.2) is 18.2 Å². The summed E-state index contributed by atoms with van der Waals surface area (Å²) in [7, 11) is 1.51. The zero-order valence-corrected chi connectivity index (χ0v) is 12.6. The van der Waals surface area contributed by atoms with Gasteiger partial charge in [-0.2, -0.15) is 0 Å². The number of carbonyl (C=O) groups excluding carboxylic acids is 2. The summed E-state index contributed by atoms with van der Waals surface area (Å²) in [5, 5.41) is 2.65. The van der Waals surface area contributed by atoms with Gasteiger partial charge >= 0.3 is 5.97 Å². The van der Waals surface area contributed by atoms with Crippen LogP contribution in [0.4, 0.5) is 0 Å². The fourth-order valence-electron chi connectivity index (χ4n) is 1.70. The van der Waals surface area contributed by atoms with Gasteiger partial charge in [-0.25, -0.2) is 0 Å². The number of rotatable bonds is 8. The van der Waals surface area contributed by atoms with Gasteiger partial charge in [0.15, 0.2) is 11.5 Å².